The first-order valence-corrected chi connectivity index (χ1v) is 6.82. The molecule has 1 unspecified atom stereocenters. The van der Waals surface area contributed by atoms with Crippen LogP contribution in [0.3, 0.4) is 0 Å². The SMILES string of the molecule is CNC(C)c1ccc(OCc2c(F)cccc2Cl)cc1. The monoisotopic (exact) mass is 293 g/mol. The molecule has 0 aliphatic rings. The standard InChI is InChI=1S/C16H17ClFNO/c1-11(19-2)12-6-8-13(9-7-12)20-10-14-15(17)4-3-5-16(14)18/h3-9,11,19H,10H2,1-2H3. The molecule has 0 spiro atoms. The van der Waals surface area contributed by atoms with Gasteiger partial charge in [0.15, 0.2) is 0 Å². The van der Waals surface area contributed by atoms with E-state index in [1.54, 1.807) is 12.1 Å². The van der Waals surface area contributed by atoms with Crippen molar-refractivity contribution in [3.05, 3.63) is 64.4 Å². The van der Waals surface area contributed by atoms with Crippen molar-refractivity contribution in [2.45, 2.75) is 19.6 Å². The minimum atomic E-state index is -0.349. The van der Waals surface area contributed by atoms with E-state index >= 15 is 0 Å². The fourth-order valence-corrected chi connectivity index (χ4v) is 2.06. The largest absolute Gasteiger partial charge is 0.489 e. The number of benzene rings is 2. The molecular formula is C16H17ClFNO. The van der Waals surface area contributed by atoms with E-state index in [-0.39, 0.29) is 18.5 Å². The Morgan fingerprint density at radius 1 is 1.20 bits per heavy atom. The number of hydrogen-bond acceptors (Lipinski definition) is 2. The number of halogens is 2. The Labute approximate surface area is 123 Å². The van der Waals surface area contributed by atoms with Gasteiger partial charge in [0.25, 0.3) is 0 Å². The molecule has 2 nitrogen and oxygen atoms in total. The van der Waals surface area contributed by atoms with Crippen molar-refractivity contribution in [2.24, 2.45) is 0 Å². The molecule has 106 valence electrons. The molecule has 0 saturated carbocycles. The maximum absolute atomic E-state index is 13.6. The normalized spacial score (nSPS) is 12.2. The highest BCUT2D eigenvalue weighted by atomic mass is 35.5. The zero-order valence-electron chi connectivity index (χ0n) is 11.5. The lowest BCUT2D eigenvalue weighted by molar-refractivity contribution is 0.300. The average Bonchev–Trinajstić information content (AvgIpc) is 2.46. The minimum absolute atomic E-state index is 0.117. The van der Waals surface area contributed by atoms with Crippen LogP contribution in [-0.2, 0) is 6.61 Å². The van der Waals surface area contributed by atoms with Crippen LogP contribution in [0.1, 0.15) is 24.1 Å². The highest BCUT2D eigenvalue weighted by Gasteiger charge is 2.08. The van der Waals surface area contributed by atoms with Crippen LogP contribution in [0.25, 0.3) is 0 Å². The first-order valence-electron chi connectivity index (χ1n) is 6.44. The summed E-state index contributed by atoms with van der Waals surface area (Å²) in [6.45, 7) is 2.20. The fourth-order valence-electron chi connectivity index (χ4n) is 1.85. The van der Waals surface area contributed by atoms with E-state index in [0.717, 1.165) is 0 Å². The van der Waals surface area contributed by atoms with Crippen molar-refractivity contribution in [1.82, 2.24) is 5.32 Å². The Hall–Kier alpha value is -1.58. The molecule has 2 aromatic carbocycles. The van der Waals surface area contributed by atoms with Gasteiger partial charge in [0.05, 0.1) is 5.02 Å². The first kappa shape index (κ1) is 14.8. The van der Waals surface area contributed by atoms with Gasteiger partial charge in [-0.15, -0.1) is 0 Å². The van der Waals surface area contributed by atoms with Gasteiger partial charge >= 0.3 is 0 Å². The number of nitrogens with one attached hydrogen (secondary N) is 1. The zero-order valence-corrected chi connectivity index (χ0v) is 12.2. The summed E-state index contributed by atoms with van der Waals surface area (Å²) >= 11 is 5.95. The molecule has 20 heavy (non-hydrogen) atoms. The van der Waals surface area contributed by atoms with Crippen molar-refractivity contribution in [1.29, 1.82) is 0 Å². The average molecular weight is 294 g/mol. The molecule has 0 fully saturated rings. The summed E-state index contributed by atoms with van der Waals surface area (Å²) in [5.41, 5.74) is 1.55. The Bertz CT molecular complexity index is 551. The number of hydrogen-bond donors (Lipinski definition) is 1. The third-order valence-corrected chi connectivity index (χ3v) is 3.61. The molecule has 1 atom stereocenters. The highest BCUT2D eigenvalue weighted by Crippen LogP contribution is 2.22. The molecule has 0 aromatic heterocycles. The molecule has 0 bridgehead atoms. The van der Waals surface area contributed by atoms with E-state index in [1.165, 1.54) is 11.6 Å². The van der Waals surface area contributed by atoms with Gasteiger partial charge in [0.1, 0.15) is 18.2 Å². The number of rotatable bonds is 5. The quantitative estimate of drug-likeness (QED) is 0.885. The molecular weight excluding hydrogens is 277 g/mol. The van der Waals surface area contributed by atoms with Crippen molar-refractivity contribution < 1.29 is 9.13 Å². The lowest BCUT2D eigenvalue weighted by Crippen LogP contribution is -2.11. The maximum Gasteiger partial charge on any atom is 0.131 e. The highest BCUT2D eigenvalue weighted by molar-refractivity contribution is 6.31. The van der Waals surface area contributed by atoms with Gasteiger partial charge in [0.2, 0.25) is 0 Å². The van der Waals surface area contributed by atoms with Crippen molar-refractivity contribution in [2.75, 3.05) is 7.05 Å². The van der Waals surface area contributed by atoms with Crippen LogP contribution in [0.15, 0.2) is 42.5 Å². The van der Waals surface area contributed by atoms with Gasteiger partial charge < -0.3 is 10.1 Å². The van der Waals surface area contributed by atoms with Crippen LogP contribution < -0.4 is 10.1 Å². The van der Waals surface area contributed by atoms with Gasteiger partial charge in [-0.3, -0.25) is 0 Å². The van der Waals surface area contributed by atoms with Gasteiger partial charge in [0, 0.05) is 11.6 Å². The summed E-state index contributed by atoms with van der Waals surface area (Å²) in [7, 11) is 1.91. The van der Waals surface area contributed by atoms with E-state index < -0.39 is 0 Å². The fraction of sp³-hybridized carbons (Fsp3) is 0.250. The van der Waals surface area contributed by atoms with E-state index in [1.807, 2.05) is 31.3 Å². The Kier molecular flexibility index (Phi) is 4.99. The zero-order chi connectivity index (χ0) is 14.5. The van der Waals surface area contributed by atoms with Crippen LogP contribution >= 0.6 is 11.6 Å². The minimum Gasteiger partial charge on any atom is -0.489 e. The smallest absolute Gasteiger partial charge is 0.131 e. The summed E-state index contributed by atoms with van der Waals surface area (Å²) < 4.78 is 19.2. The van der Waals surface area contributed by atoms with Crippen molar-refractivity contribution in [3.63, 3.8) is 0 Å². The Morgan fingerprint density at radius 2 is 1.90 bits per heavy atom. The molecule has 0 radical (unpaired) electrons. The predicted octanol–water partition coefficient (Wildman–Crippen LogP) is 4.34. The van der Waals surface area contributed by atoms with Crippen molar-refractivity contribution >= 4 is 11.6 Å². The molecule has 0 amide bonds. The van der Waals surface area contributed by atoms with Gasteiger partial charge in [-0.2, -0.15) is 0 Å². The molecule has 0 aliphatic carbocycles. The second-order valence-corrected chi connectivity index (χ2v) is 4.98. The molecule has 2 aromatic rings. The lowest BCUT2D eigenvalue weighted by atomic mass is 10.1. The van der Waals surface area contributed by atoms with Crippen LogP contribution in [0.2, 0.25) is 5.02 Å². The van der Waals surface area contributed by atoms with E-state index in [2.05, 4.69) is 12.2 Å². The van der Waals surface area contributed by atoms with Crippen LogP contribution in [0.4, 0.5) is 4.39 Å². The van der Waals surface area contributed by atoms with Crippen molar-refractivity contribution in [3.8, 4) is 5.75 Å². The van der Waals surface area contributed by atoms with E-state index in [0.29, 0.717) is 16.3 Å². The third-order valence-electron chi connectivity index (χ3n) is 3.26. The topological polar surface area (TPSA) is 21.3 Å². The van der Waals surface area contributed by atoms with E-state index in [4.69, 9.17) is 16.3 Å². The van der Waals surface area contributed by atoms with Crippen LogP contribution in [-0.4, -0.2) is 7.05 Å². The summed E-state index contributed by atoms with van der Waals surface area (Å²) in [4.78, 5) is 0. The molecule has 4 heteroatoms. The molecule has 2 rings (SSSR count). The Morgan fingerprint density at radius 3 is 2.50 bits per heavy atom. The summed E-state index contributed by atoms with van der Waals surface area (Å²) in [6.07, 6.45) is 0. The molecule has 0 heterocycles. The van der Waals surface area contributed by atoms with E-state index in [9.17, 15) is 4.39 Å². The lowest BCUT2D eigenvalue weighted by Gasteiger charge is -2.12. The van der Waals surface area contributed by atoms with Gasteiger partial charge in [-0.05, 0) is 43.8 Å². The first-order chi connectivity index (χ1) is 9.61. The second kappa shape index (κ2) is 6.73. The Balaban J connectivity index is 2.04. The predicted molar refractivity (Wildman–Crippen MR) is 79.7 cm³/mol. The maximum atomic E-state index is 13.6. The second-order valence-electron chi connectivity index (χ2n) is 4.57. The van der Waals surface area contributed by atoms with Gasteiger partial charge in [-0.1, -0.05) is 29.8 Å². The summed E-state index contributed by atoms with van der Waals surface area (Å²) in [5, 5.41) is 3.55. The van der Waals surface area contributed by atoms with Crippen LogP contribution in [0, 0.1) is 5.82 Å². The van der Waals surface area contributed by atoms with Crippen LogP contribution in [0.5, 0.6) is 5.75 Å². The number of ether oxygens (including phenoxy) is 1. The summed E-state index contributed by atoms with van der Waals surface area (Å²) in [6, 6.07) is 12.6. The summed E-state index contributed by atoms with van der Waals surface area (Å²) in [5.74, 6) is 0.342. The third kappa shape index (κ3) is 3.50. The molecule has 1 N–H and O–H groups in total. The molecule has 0 aliphatic heterocycles. The molecule has 0 saturated heterocycles. The van der Waals surface area contributed by atoms with Gasteiger partial charge in [-0.25, -0.2) is 4.39 Å².